The molecule has 0 aromatic carbocycles. The number of hydrogen-bond acceptors (Lipinski definition) is 1. The van der Waals surface area contributed by atoms with Crippen LogP contribution in [-0.2, 0) is 0 Å². The van der Waals surface area contributed by atoms with E-state index in [1.807, 2.05) is 0 Å². The minimum absolute atomic E-state index is 0.0938. The van der Waals surface area contributed by atoms with Crippen LogP contribution in [0.4, 0.5) is 0 Å². The zero-order valence-electron chi connectivity index (χ0n) is 22.2. The summed E-state index contributed by atoms with van der Waals surface area (Å²) in [5.74, 6) is 6.34. The molecule has 0 unspecified atom stereocenters. The number of aliphatic hydroxyl groups excluding tert-OH is 1. The molecular weight excluding hydrogens is 388 g/mol. The first-order valence-corrected chi connectivity index (χ1v) is 14.1. The zero-order chi connectivity index (χ0) is 23.3. The van der Waals surface area contributed by atoms with Crippen LogP contribution in [0.5, 0.6) is 0 Å². The maximum atomic E-state index is 10.3. The topological polar surface area (TPSA) is 20.2 Å². The molecule has 0 aromatic rings. The van der Waals surface area contributed by atoms with Crippen molar-refractivity contribution in [1.82, 2.24) is 0 Å². The van der Waals surface area contributed by atoms with E-state index in [1.165, 1.54) is 44.9 Å². The Hall–Kier alpha value is -0.560. The highest BCUT2D eigenvalue weighted by Gasteiger charge is 2.58. The van der Waals surface area contributed by atoms with E-state index in [2.05, 4.69) is 66.7 Å². The first kappa shape index (κ1) is 24.6. The Labute approximate surface area is 199 Å². The molecule has 1 nitrogen and oxygen atoms in total. The molecule has 1 heteroatoms. The molecule has 0 bridgehead atoms. The molecule has 32 heavy (non-hydrogen) atoms. The van der Waals surface area contributed by atoms with E-state index in [4.69, 9.17) is 0 Å². The van der Waals surface area contributed by atoms with Crippen LogP contribution in [0.3, 0.4) is 0 Å². The van der Waals surface area contributed by atoms with Crippen molar-refractivity contribution in [2.24, 2.45) is 58.2 Å². The molecular formula is C31H52O. The van der Waals surface area contributed by atoms with E-state index in [9.17, 15) is 5.11 Å². The van der Waals surface area contributed by atoms with Crippen molar-refractivity contribution in [3.05, 3.63) is 23.8 Å². The van der Waals surface area contributed by atoms with Gasteiger partial charge in [-0.2, -0.15) is 0 Å². The van der Waals surface area contributed by atoms with E-state index >= 15 is 0 Å². The quantitative estimate of drug-likeness (QED) is 0.425. The summed E-state index contributed by atoms with van der Waals surface area (Å²) in [6.45, 7) is 17.3. The highest BCUT2D eigenvalue weighted by atomic mass is 16.3. The highest BCUT2D eigenvalue weighted by molar-refractivity contribution is 5.23. The molecule has 0 aliphatic heterocycles. The molecule has 0 saturated heterocycles. The van der Waals surface area contributed by atoms with Gasteiger partial charge >= 0.3 is 0 Å². The average molecular weight is 441 g/mol. The van der Waals surface area contributed by atoms with Gasteiger partial charge in [0.2, 0.25) is 0 Å². The molecule has 4 aliphatic carbocycles. The fraction of sp³-hybridized carbons (Fsp3) is 0.871. The van der Waals surface area contributed by atoms with Crippen LogP contribution in [0.1, 0.15) is 106 Å². The molecule has 0 amide bonds. The van der Waals surface area contributed by atoms with Crippen molar-refractivity contribution in [3.8, 4) is 0 Å². The fourth-order valence-corrected chi connectivity index (χ4v) is 9.44. The summed E-state index contributed by atoms with van der Waals surface area (Å²) in [4.78, 5) is 0. The average Bonchev–Trinajstić information content (AvgIpc) is 3.00. The molecule has 0 heterocycles. The second-order valence-electron chi connectivity index (χ2n) is 13.5. The van der Waals surface area contributed by atoms with E-state index in [1.54, 1.807) is 5.57 Å². The molecule has 0 radical (unpaired) electrons. The maximum absolute atomic E-state index is 10.3. The lowest BCUT2D eigenvalue weighted by atomic mass is 9.49. The second-order valence-corrected chi connectivity index (χ2v) is 13.5. The minimum atomic E-state index is -0.0938. The van der Waals surface area contributed by atoms with Crippen molar-refractivity contribution >= 4 is 0 Å². The molecule has 3 saturated carbocycles. The monoisotopic (exact) mass is 440 g/mol. The highest BCUT2D eigenvalue weighted by Crippen LogP contribution is 2.66. The van der Waals surface area contributed by atoms with Gasteiger partial charge in [0.15, 0.2) is 0 Å². The van der Waals surface area contributed by atoms with Gasteiger partial charge in [-0.05, 0) is 116 Å². The van der Waals surface area contributed by atoms with Crippen LogP contribution in [0.15, 0.2) is 23.8 Å². The molecule has 8 atom stereocenters. The SMILES string of the molecule is CC(C)C(/C=C/[C@@H](C)[C@H]1CC[C@H]2[C@H]3CCC=C4C[C@@H](O)CC[C@]4(C)[C@H]3CC[C@]12C)C(C)C. The third-order valence-electron chi connectivity index (χ3n) is 11.2. The van der Waals surface area contributed by atoms with Gasteiger partial charge in [0, 0.05) is 0 Å². The lowest BCUT2D eigenvalue weighted by Crippen LogP contribution is -2.48. The molecule has 4 rings (SSSR count). The molecule has 3 fully saturated rings. The summed E-state index contributed by atoms with van der Waals surface area (Å²) in [7, 11) is 0. The second kappa shape index (κ2) is 9.24. The zero-order valence-corrected chi connectivity index (χ0v) is 22.2. The van der Waals surface area contributed by atoms with Crippen LogP contribution < -0.4 is 0 Å². The Bertz CT molecular complexity index is 708. The van der Waals surface area contributed by atoms with Gasteiger partial charge in [0.1, 0.15) is 0 Å². The summed E-state index contributed by atoms with van der Waals surface area (Å²) in [6, 6.07) is 0. The fourth-order valence-electron chi connectivity index (χ4n) is 9.44. The normalized spacial score (nSPS) is 43.2. The molecule has 0 aromatic heterocycles. The minimum Gasteiger partial charge on any atom is -0.393 e. The lowest BCUT2D eigenvalue weighted by Gasteiger charge is -2.55. The summed E-state index contributed by atoms with van der Waals surface area (Å²) in [6.07, 6.45) is 19.2. The Morgan fingerprint density at radius 1 is 0.875 bits per heavy atom. The standard InChI is InChI=1S/C31H52O/c1-20(2)25(21(3)4)12-11-22(5)27-13-14-28-26-10-8-9-23-19-24(32)15-17-30(23,6)29(26)16-18-31(27,28)7/h9,11-12,20-22,24-29,32H,8,10,13-19H2,1-7H3/b12-11+/t22-,24+,26-,27-,28+,29+,30+,31-/m1/s1. The van der Waals surface area contributed by atoms with E-state index in [0.717, 1.165) is 48.3 Å². The number of rotatable bonds is 5. The van der Waals surface area contributed by atoms with Crippen LogP contribution in [0, 0.1) is 58.2 Å². The summed E-state index contributed by atoms with van der Waals surface area (Å²) >= 11 is 0. The molecule has 1 N–H and O–H groups in total. The number of allylic oxidation sites excluding steroid dienone is 3. The van der Waals surface area contributed by atoms with Gasteiger partial charge in [-0.3, -0.25) is 0 Å². The van der Waals surface area contributed by atoms with Gasteiger partial charge in [-0.15, -0.1) is 0 Å². The Kier molecular flexibility index (Phi) is 7.09. The van der Waals surface area contributed by atoms with Crippen LogP contribution >= 0.6 is 0 Å². The third-order valence-corrected chi connectivity index (χ3v) is 11.2. The molecule has 4 aliphatic rings. The Balaban J connectivity index is 1.53. The predicted molar refractivity (Wildman–Crippen MR) is 137 cm³/mol. The predicted octanol–water partition coefficient (Wildman–Crippen LogP) is 8.44. The summed E-state index contributed by atoms with van der Waals surface area (Å²) < 4.78 is 0. The van der Waals surface area contributed by atoms with Gasteiger partial charge in [-0.1, -0.05) is 72.3 Å². The Morgan fingerprint density at radius 3 is 2.28 bits per heavy atom. The number of aliphatic hydroxyl groups is 1. The lowest BCUT2D eigenvalue weighted by molar-refractivity contribution is -0.0470. The van der Waals surface area contributed by atoms with E-state index in [-0.39, 0.29) is 6.10 Å². The smallest absolute Gasteiger partial charge is 0.0577 e. The summed E-state index contributed by atoms with van der Waals surface area (Å²) in [5, 5.41) is 10.3. The molecule has 0 spiro atoms. The molecule has 182 valence electrons. The van der Waals surface area contributed by atoms with Crippen molar-refractivity contribution < 1.29 is 5.11 Å². The van der Waals surface area contributed by atoms with Gasteiger partial charge < -0.3 is 5.11 Å². The van der Waals surface area contributed by atoms with Crippen molar-refractivity contribution in [2.75, 3.05) is 0 Å². The van der Waals surface area contributed by atoms with E-state index < -0.39 is 0 Å². The van der Waals surface area contributed by atoms with Gasteiger partial charge in [-0.25, -0.2) is 0 Å². The van der Waals surface area contributed by atoms with E-state index in [0.29, 0.717) is 22.7 Å². The van der Waals surface area contributed by atoms with Gasteiger partial charge in [0.05, 0.1) is 6.10 Å². The van der Waals surface area contributed by atoms with Crippen molar-refractivity contribution in [1.29, 1.82) is 0 Å². The third kappa shape index (κ3) is 4.18. The Morgan fingerprint density at radius 2 is 1.59 bits per heavy atom. The first-order chi connectivity index (χ1) is 15.1. The van der Waals surface area contributed by atoms with Crippen LogP contribution in [-0.4, -0.2) is 11.2 Å². The summed E-state index contributed by atoms with van der Waals surface area (Å²) in [5.41, 5.74) is 2.49. The first-order valence-electron chi connectivity index (χ1n) is 14.1. The number of fused-ring (bicyclic) bond motifs is 5. The van der Waals surface area contributed by atoms with Crippen LogP contribution in [0.25, 0.3) is 0 Å². The largest absolute Gasteiger partial charge is 0.393 e. The van der Waals surface area contributed by atoms with Gasteiger partial charge in [0.25, 0.3) is 0 Å². The number of hydrogen-bond donors (Lipinski definition) is 1. The van der Waals surface area contributed by atoms with Crippen molar-refractivity contribution in [3.63, 3.8) is 0 Å². The van der Waals surface area contributed by atoms with Crippen molar-refractivity contribution in [2.45, 2.75) is 112 Å². The maximum Gasteiger partial charge on any atom is 0.0577 e. The van der Waals surface area contributed by atoms with Crippen LogP contribution in [0.2, 0.25) is 0 Å².